The maximum atomic E-state index is 12.8. The van der Waals surface area contributed by atoms with Crippen LogP contribution in [0, 0.1) is 0 Å². The molecule has 1 aromatic carbocycles. The summed E-state index contributed by atoms with van der Waals surface area (Å²) in [7, 11) is 0.0428. The van der Waals surface area contributed by atoms with Gasteiger partial charge in [0.15, 0.2) is 21.3 Å². The van der Waals surface area contributed by atoms with E-state index in [9.17, 15) is 18.0 Å². The summed E-state index contributed by atoms with van der Waals surface area (Å²) >= 11 is 1.39. The monoisotopic (exact) mass is 481 g/mol. The van der Waals surface area contributed by atoms with Crippen LogP contribution < -0.4 is 14.8 Å². The van der Waals surface area contributed by atoms with Crippen molar-refractivity contribution in [3.8, 4) is 22.1 Å². The van der Waals surface area contributed by atoms with Crippen molar-refractivity contribution in [3.63, 3.8) is 0 Å². The van der Waals surface area contributed by atoms with Gasteiger partial charge in [0, 0.05) is 18.0 Å². The summed E-state index contributed by atoms with van der Waals surface area (Å²) in [5.41, 5.74) is 1.37. The molecule has 1 saturated heterocycles. The number of methoxy groups -OCH3 is 2. The highest BCUT2D eigenvalue weighted by molar-refractivity contribution is 7.91. The number of thiazole rings is 1. The second kappa shape index (κ2) is 10.3. The Hall–Kier alpha value is -2.66. The number of rotatable bonds is 9. The van der Waals surface area contributed by atoms with Crippen LogP contribution in [-0.2, 0) is 25.8 Å². The molecule has 1 N–H and O–H groups in total. The highest BCUT2D eigenvalue weighted by atomic mass is 32.2. The fraction of sp³-hybridized carbons (Fsp3) is 0.476. The molecule has 0 bridgehead atoms. The van der Waals surface area contributed by atoms with Gasteiger partial charge < -0.3 is 19.7 Å². The molecule has 32 heavy (non-hydrogen) atoms. The molecule has 9 nitrogen and oxygen atoms in total. The average Bonchev–Trinajstić information content (AvgIpc) is 3.36. The van der Waals surface area contributed by atoms with E-state index < -0.39 is 9.84 Å². The predicted octanol–water partition coefficient (Wildman–Crippen LogP) is 1.52. The lowest BCUT2D eigenvalue weighted by Gasteiger charge is -2.21. The van der Waals surface area contributed by atoms with Crippen molar-refractivity contribution in [3.05, 3.63) is 29.3 Å². The summed E-state index contributed by atoms with van der Waals surface area (Å²) in [5.74, 6) is 0.616. The molecule has 1 aromatic heterocycles. The second-order valence-corrected chi connectivity index (χ2v) is 10.5. The third kappa shape index (κ3) is 5.77. The number of ether oxygens (including phenoxy) is 2. The number of para-hydroxylation sites is 1. The Morgan fingerprint density at radius 1 is 1.28 bits per heavy atom. The molecular formula is C21H27N3O6S2. The zero-order chi connectivity index (χ0) is 23.3. The summed E-state index contributed by atoms with van der Waals surface area (Å²) in [4.78, 5) is 31.1. The summed E-state index contributed by atoms with van der Waals surface area (Å²) in [6.07, 6.45) is 0.463. The summed E-state index contributed by atoms with van der Waals surface area (Å²) < 4.78 is 33.9. The number of amides is 2. The van der Waals surface area contributed by atoms with Crippen LogP contribution in [0.25, 0.3) is 10.6 Å². The minimum atomic E-state index is -3.08. The van der Waals surface area contributed by atoms with Gasteiger partial charge in [0.05, 0.1) is 49.9 Å². The van der Waals surface area contributed by atoms with Crippen molar-refractivity contribution >= 4 is 33.0 Å². The first kappa shape index (κ1) is 24.0. The molecule has 0 saturated carbocycles. The Balaban J connectivity index is 1.63. The molecule has 1 unspecified atom stereocenters. The molecule has 0 aliphatic carbocycles. The van der Waals surface area contributed by atoms with Crippen LogP contribution in [0.15, 0.2) is 23.6 Å². The highest BCUT2D eigenvalue weighted by Gasteiger charge is 2.29. The maximum Gasteiger partial charge on any atom is 0.239 e. The number of nitrogens with zero attached hydrogens (tertiary/aromatic N) is 2. The lowest BCUT2D eigenvalue weighted by Crippen LogP contribution is -2.45. The molecule has 2 heterocycles. The number of likely N-dealkylation sites (N-methyl/N-ethyl adjacent to an activating group) is 1. The Morgan fingerprint density at radius 2 is 2.06 bits per heavy atom. The van der Waals surface area contributed by atoms with Gasteiger partial charge in [0.2, 0.25) is 11.8 Å². The van der Waals surface area contributed by atoms with Gasteiger partial charge in [-0.2, -0.15) is 0 Å². The number of carbonyl (C=O) groups excluding carboxylic acids is 2. The Bertz CT molecular complexity index is 1080. The van der Waals surface area contributed by atoms with Gasteiger partial charge in [-0.15, -0.1) is 11.3 Å². The topological polar surface area (TPSA) is 115 Å². The molecule has 174 valence electrons. The standard InChI is InChI=1S/C21H27N3O6S2/c1-4-24(11-18(25)22-14-8-9-32(27,28)13-14)19(26)10-15-12-31-21(23-15)16-6-5-7-17(29-2)20(16)30-3/h5-7,12,14H,4,8-11,13H2,1-3H3,(H,22,25). The summed E-state index contributed by atoms with van der Waals surface area (Å²) in [5, 5.41) is 5.23. The quantitative estimate of drug-likeness (QED) is 0.577. The van der Waals surface area contributed by atoms with Crippen LogP contribution in [0.4, 0.5) is 0 Å². The van der Waals surface area contributed by atoms with Crippen LogP contribution in [0.1, 0.15) is 19.0 Å². The van der Waals surface area contributed by atoms with Gasteiger partial charge in [-0.25, -0.2) is 13.4 Å². The predicted molar refractivity (Wildman–Crippen MR) is 122 cm³/mol. The zero-order valence-electron chi connectivity index (χ0n) is 18.3. The molecule has 2 aromatic rings. The number of hydrogen-bond acceptors (Lipinski definition) is 8. The van der Waals surface area contributed by atoms with E-state index in [0.717, 1.165) is 5.56 Å². The number of aromatic nitrogens is 1. The number of sulfone groups is 1. The fourth-order valence-corrected chi connectivity index (χ4v) is 6.08. The molecule has 1 atom stereocenters. The van der Waals surface area contributed by atoms with E-state index in [4.69, 9.17) is 9.47 Å². The Morgan fingerprint density at radius 3 is 2.69 bits per heavy atom. The third-order valence-electron chi connectivity index (χ3n) is 5.18. The minimum absolute atomic E-state index is 0.0475. The Labute approximate surface area is 191 Å². The van der Waals surface area contributed by atoms with E-state index in [1.54, 1.807) is 27.2 Å². The number of carbonyl (C=O) groups is 2. The minimum Gasteiger partial charge on any atom is -0.493 e. The van der Waals surface area contributed by atoms with Crippen molar-refractivity contribution in [2.45, 2.75) is 25.8 Å². The van der Waals surface area contributed by atoms with Gasteiger partial charge in [0.25, 0.3) is 0 Å². The first-order chi connectivity index (χ1) is 15.3. The first-order valence-corrected chi connectivity index (χ1v) is 12.9. The van der Waals surface area contributed by atoms with Crippen LogP contribution in [0.2, 0.25) is 0 Å². The van der Waals surface area contributed by atoms with Crippen molar-refractivity contribution in [2.75, 3.05) is 38.8 Å². The normalized spacial score (nSPS) is 17.0. The van der Waals surface area contributed by atoms with Gasteiger partial charge >= 0.3 is 0 Å². The third-order valence-corrected chi connectivity index (χ3v) is 7.88. The number of nitrogens with one attached hydrogen (secondary N) is 1. The molecule has 0 radical (unpaired) electrons. The Kier molecular flexibility index (Phi) is 7.73. The molecule has 0 spiro atoms. The summed E-state index contributed by atoms with van der Waals surface area (Å²) in [6, 6.07) is 5.12. The first-order valence-electron chi connectivity index (χ1n) is 10.2. The van der Waals surface area contributed by atoms with Crippen LogP contribution in [0.3, 0.4) is 0 Å². The largest absolute Gasteiger partial charge is 0.493 e. The van der Waals surface area contributed by atoms with Crippen molar-refractivity contribution < 1.29 is 27.5 Å². The van der Waals surface area contributed by atoms with E-state index in [0.29, 0.717) is 35.2 Å². The van der Waals surface area contributed by atoms with E-state index in [1.807, 2.05) is 17.5 Å². The second-order valence-electron chi connectivity index (χ2n) is 7.44. The molecule has 3 rings (SSSR count). The van der Waals surface area contributed by atoms with Crippen molar-refractivity contribution in [2.24, 2.45) is 0 Å². The van der Waals surface area contributed by atoms with E-state index in [1.165, 1.54) is 16.2 Å². The molecular weight excluding hydrogens is 454 g/mol. The lowest BCUT2D eigenvalue weighted by molar-refractivity contribution is -0.135. The molecule has 1 fully saturated rings. The fourth-order valence-electron chi connectivity index (χ4n) is 3.57. The summed E-state index contributed by atoms with van der Waals surface area (Å²) in [6.45, 7) is 2.03. The maximum absolute atomic E-state index is 12.8. The van der Waals surface area contributed by atoms with Crippen LogP contribution in [-0.4, -0.2) is 75.0 Å². The smallest absolute Gasteiger partial charge is 0.239 e. The van der Waals surface area contributed by atoms with Gasteiger partial charge in [-0.3, -0.25) is 9.59 Å². The van der Waals surface area contributed by atoms with Gasteiger partial charge in [0.1, 0.15) is 5.01 Å². The molecule has 1 aliphatic rings. The van der Waals surface area contributed by atoms with Gasteiger partial charge in [-0.1, -0.05) is 6.07 Å². The average molecular weight is 482 g/mol. The van der Waals surface area contributed by atoms with Crippen LogP contribution >= 0.6 is 11.3 Å². The molecule has 1 aliphatic heterocycles. The van der Waals surface area contributed by atoms with Gasteiger partial charge in [-0.05, 0) is 25.5 Å². The van der Waals surface area contributed by atoms with E-state index in [-0.39, 0.29) is 42.3 Å². The van der Waals surface area contributed by atoms with Crippen LogP contribution in [0.5, 0.6) is 11.5 Å². The molecule has 11 heteroatoms. The van der Waals surface area contributed by atoms with Crippen molar-refractivity contribution in [1.82, 2.24) is 15.2 Å². The molecule has 2 amide bonds. The zero-order valence-corrected chi connectivity index (χ0v) is 19.9. The number of hydrogen-bond donors (Lipinski definition) is 1. The lowest BCUT2D eigenvalue weighted by atomic mass is 10.2. The van der Waals surface area contributed by atoms with E-state index in [2.05, 4.69) is 10.3 Å². The van der Waals surface area contributed by atoms with Crippen molar-refractivity contribution in [1.29, 1.82) is 0 Å². The highest BCUT2D eigenvalue weighted by Crippen LogP contribution is 2.39. The SMILES string of the molecule is CCN(CC(=O)NC1CCS(=O)(=O)C1)C(=O)Cc1csc(-c2cccc(OC)c2OC)n1. The number of benzene rings is 1. The van der Waals surface area contributed by atoms with E-state index >= 15 is 0 Å².